The van der Waals surface area contributed by atoms with Gasteiger partial charge in [0.2, 0.25) is 0 Å². The van der Waals surface area contributed by atoms with Crippen molar-refractivity contribution in [3.63, 3.8) is 0 Å². The van der Waals surface area contributed by atoms with Gasteiger partial charge in [0.1, 0.15) is 0 Å². The maximum absolute atomic E-state index is 5.62. The second kappa shape index (κ2) is 4.40. The Bertz CT molecular complexity index is 746. The zero-order valence-electron chi connectivity index (χ0n) is 10.8. The number of aromatic nitrogens is 5. The minimum absolute atomic E-state index is 0.404. The van der Waals surface area contributed by atoms with Gasteiger partial charge in [-0.25, -0.2) is 4.98 Å². The minimum Gasteiger partial charge on any atom is -0.325 e. The van der Waals surface area contributed by atoms with Crippen molar-refractivity contribution in [2.75, 3.05) is 0 Å². The van der Waals surface area contributed by atoms with E-state index in [4.69, 9.17) is 5.73 Å². The van der Waals surface area contributed by atoms with Gasteiger partial charge in [-0.1, -0.05) is 0 Å². The van der Waals surface area contributed by atoms with Crippen LogP contribution in [0.25, 0.3) is 17.2 Å². The summed E-state index contributed by atoms with van der Waals surface area (Å²) in [6.07, 6.45) is 1.73. The summed E-state index contributed by atoms with van der Waals surface area (Å²) < 4.78 is 1.93. The second-order valence-electron chi connectivity index (χ2n) is 4.44. The Hall–Kier alpha value is -2.34. The summed E-state index contributed by atoms with van der Waals surface area (Å²) in [6, 6.07) is 5.83. The van der Waals surface area contributed by atoms with Crippen LogP contribution in [0.15, 0.2) is 24.4 Å². The summed E-state index contributed by atoms with van der Waals surface area (Å²) in [5.41, 5.74) is 9.37. The first-order valence-electron chi connectivity index (χ1n) is 6.04. The van der Waals surface area contributed by atoms with E-state index in [1.54, 1.807) is 6.20 Å². The molecule has 3 rings (SSSR count). The number of pyridine rings is 1. The molecular formula is C13H14N6. The number of fused-ring (bicyclic) bond motifs is 1. The van der Waals surface area contributed by atoms with Gasteiger partial charge in [0, 0.05) is 29.7 Å². The topological polar surface area (TPSA) is 82.0 Å². The van der Waals surface area contributed by atoms with Crippen molar-refractivity contribution in [1.82, 2.24) is 24.6 Å². The van der Waals surface area contributed by atoms with E-state index in [1.165, 1.54) is 0 Å². The van der Waals surface area contributed by atoms with E-state index in [1.807, 2.05) is 36.4 Å². The molecule has 3 heterocycles. The van der Waals surface area contributed by atoms with E-state index in [-0.39, 0.29) is 0 Å². The molecule has 0 unspecified atom stereocenters. The van der Waals surface area contributed by atoms with Crippen molar-refractivity contribution in [3.8, 4) is 11.4 Å². The molecule has 2 N–H and O–H groups in total. The van der Waals surface area contributed by atoms with Crippen LogP contribution in [0.4, 0.5) is 0 Å². The molecule has 0 aromatic carbocycles. The molecule has 0 aliphatic carbocycles. The number of nitrogens with zero attached hydrogens (tertiary/aromatic N) is 5. The maximum atomic E-state index is 5.62. The van der Waals surface area contributed by atoms with E-state index >= 15 is 0 Å². The van der Waals surface area contributed by atoms with E-state index < -0.39 is 0 Å². The van der Waals surface area contributed by atoms with E-state index in [0.29, 0.717) is 12.3 Å². The van der Waals surface area contributed by atoms with Crippen LogP contribution in [0.2, 0.25) is 0 Å². The highest BCUT2D eigenvalue weighted by Gasteiger charge is 2.11. The van der Waals surface area contributed by atoms with Crippen LogP contribution in [0.5, 0.6) is 0 Å². The molecular weight excluding hydrogens is 240 g/mol. The average Bonchev–Trinajstić information content (AvgIpc) is 2.82. The van der Waals surface area contributed by atoms with Crippen molar-refractivity contribution in [2.45, 2.75) is 20.4 Å². The maximum Gasteiger partial charge on any atom is 0.255 e. The van der Waals surface area contributed by atoms with Crippen LogP contribution in [0, 0.1) is 13.8 Å². The van der Waals surface area contributed by atoms with Crippen molar-refractivity contribution >= 4 is 5.78 Å². The van der Waals surface area contributed by atoms with Crippen molar-refractivity contribution in [2.24, 2.45) is 5.73 Å². The molecule has 0 amide bonds. The van der Waals surface area contributed by atoms with Gasteiger partial charge in [-0.05, 0) is 32.0 Å². The molecule has 6 heteroatoms. The van der Waals surface area contributed by atoms with Crippen LogP contribution >= 0.6 is 0 Å². The molecule has 0 saturated carbocycles. The monoisotopic (exact) mass is 254 g/mol. The summed E-state index contributed by atoms with van der Waals surface area (Å²) in [6.45, 7) is 4.36. The lowest BCUT2D eigenvalue weighted by molar-refractivity contribution is 0.983. The zero-order valence-corrected chi connectivity index (χ0v) is 10.8. The standard InChI is InChI=1S/C13H14N6/c1-8-5-9(2)19-12(17-18-13(19)16-8)10-3-4-15-11(6-10)7-14/h3-6H,7,14H2,1-2H3. The first kappa shape index (κ1) is 11.7. The Kier molecular flexibility index (Phi) is 2.72. The van der Waals surface area contributed by atoms with Gasteiger partial charge < -0.3 is 5.73 Å². The fourth-order valence-electron chi connectivity index (χ4n) is 2.15. The lowest BCUT2D eigenvalue weighted by atomic mass is 10.2. The first-order chi connectivity index (χ1) is 9.19. The summed E-state index contributed by atoms with van der Waals surface area (Å²) in [5.74, 6) is 1.37. The van der Waals surface area contributed by atoms with E-state index in [2.05, 4.69) is 20.2 Å². The Morgan fingerprint density at radius 1 is 1.21 bits per heavy atom. The van der Waals surface area contributed by atoms with Crippen LogP contribution in [-0.4, -0.2) is 24.6 Å². The second-order valence-corrected chi connectivity index (χ2v) is 4.44. The third kappa shape index (κ3) is 1.96. The highest BCUT2D eigenvalue weighted by atomic mass is 15.3. The molecule has 0 radical (unpaired) electrons. The number of nitrogens with two attached hydrogens (primary N) is 1. The molecule has 19 heavy (non-hydrogen) atoms. The normalized spacial score (nSPS) is 11.1. The van der Waals surface area contributed by atoms with Crippen molar-refractivity contribution < 1.29 is 0 Å². The quantitative estimate of drug-likeness (QED) is 0.744. The number of aryl methyl sites for hydroxylation is 2. The largest absolute Gasteiger partial charge is 0.325 e. The summed E-state index contributed by atoms with van der Waals surface area (Å²) >= 11 is 0. The lowest BCUT2D eigenvalue weighted by Gasteiger charge is -2.05. The minimum atomic E-state index is 0.404. The van der Waals surface area contributed by atoms with E-state index in [0.717, 1.165) is 28.5 Å². The number of rotatable bonds is 2. The van der Waals surface area contributed by atoms with Crippen molar-refractivity contribution in [3.05, 3.63) is 41.5 Å². The Morgan fingerprint density at radius 3 is 2.84 bits per heavy atom. The van der Waals surface area contributed by atoms with Gasteiger partial charge in [-0.15, -0.1) is 10.2 Å². The van der Waals surface area contributed by atoms with Crippen LogP contribution < -0.4 is 5.73 Å². The number of hydrogen-bond donors (Lipinski definition) is 1. The smallest absolute Gasteiger partial charge is 0.255 e. The summed E-state index contributed by atoms with van der Waals surface area (Å²) in [7, 11) is 0. The van der Waals surface area contributed by atoms with Crippen LogP contribution in [-0.2, 0) is 6.54 Å². The molecule has 96 valence electrons. The third-order valence-corrected chi connectivity index (χ3v) is 2.98. The summed E-state index contributed by atoms with van der Waals surface area (Å²) in [4.78, 5) is 8.56. The third-order valence-electron chi connectivity index (χ3n) is 2.98. The van der Waals surface area contributed by atoms with Gasteiger partial charge in [0.25, 0.3) is 5.78 Å². The predicted octanol–water partition coefficient (Wildman–Crippen LogP) is 1.26. The molecule has 0 spiro atoms. The van der Waals surface area contributed by atoms with Gasteiger partial charge in [-0.3, -0.25) is 9.38 Å². The highest BCUT2D eigenvalue weighted by Crippen LogP contribution is 2.19. The molecule has 0 aliphatic heterocycles. The molecule has 0 aliphatic rings. The Morgan fingerprint density at radius 2 is 2.05 bits per heavy atom. The zero-order chi connectivity index (χ0) is 13.4. The lowest BCUT2D eigenvalue weighted by Crippen LogP contribution is -2.01. The molecule has 0 fully saturated rings. The van der Waals surface area contributed by atoms with Gasteiger partial charge in [0.05, 0.1) is 5.69 Å². The molecule has 6 nitrogen and oxygen atoms in total. The van der Waals surface area contributed by atoms with E-state index in [9.17, 15) is 0 Å². The molecule has 3 aromatic heterocycles. The Balaban J connectivity index is 2.25. The first-order valence-corrected chi connectivity index (χ1v) is 6.04. The van der Waals surface area contributed by atoms with Crippen LogP contribution in [0.1, 0.15) is 17.1 Å². The van der Waals surface area contributed by atoms with Crippen LogP contribution in [0.3, 0.4) is 0 Å². The average molecular weight is 254 g/mol. The van der Waals surface area contributed by atoms with Gasteiger partial charge >= 0.3 is 0 Å². The number of hydrogen-bond acceptors (Lipinski definition) is 5. The highest BCUT2D eigenvalue weighted by molar-refractivity contribution is 5.58. The SMILES string of the molecule is Cc1cc(C)n2c(-c3ccnc(CN)c3)nnc2n1. The fourth-order valence-corrected chi connectivity index (χ4v) is 2.15. The molecule has 0 bridgehead atoms. The van der Waals surface area contributed by atoms with Gasteiger partial charge in [-0.2, -0.15) is 0 Å². The summed E-state index contributed by atoms with van der Waals surface area (Å²) in [5, 5.41) is 8.35. The molecule has 0 atom stereocenters. The van der Waals surface area contributed by atoms with Crippen molar-refractivity contribution in [1.29, 1.82) is 0 Å². The molecule has 3 aromatic rings. The fraction of sp³-hybridized carbons (Fsp3) is 0.231. The predicted molar refractivity (Wildman–Crippen MR) is 71.4 cm³/mol. The van der Waals surface area contributed by atoms with Gasteiger partial charge in [0.15, 0.2) is 5.82 Å². The molecule has 0 saturated heterocycles. The Labute approximate surface area is 110 Å².